The van der Waals surface area contributed by atoms with E-state index >= 15 is 4.39 Å². The minimum Gasteiger partial charge on any atom is -0.387 e. The van der Waals surface area contributed by atoms with Crippen LogP contribution in [-0.4, -0.2) is 63.9 Å². The van der Waals surface area contributed by atoms with E-state index in [1.165, 1.54) is 23.0 Å². The van der Waals surface area contributed by atoms with Crippen LogP contribution in [0.5, 0.6) is 0 Å². The summed E-state index contributed by atoms with van der Waals surface area (Å²) < 4.78 is 67.3. The second-order valence-electron chi connectivity index (χ2n) is 6.73. The molecule has 0 amide bonds. The normalized spacial score (nSPS) is 28.9. The van der Waals surface area contributed by atoms with Crippen molar-refractivity contribution in [2.45, 2.75) is 31.0 Å². The molecule has 2 aromatic heterocycles. The highest BCUT2D eigenvalue weighted by atomic mass is 31.3. The second-order valence-corrected chi connectivity index (χ2v) is 11.1. The summed E-state index contributed by atoms with van der Waals surface area (Å²) in [5.74, 6) is 0. The number of fused-ring (bicyclic) bond motifs is 1. The van der Waals surface area contributed by atoms with Gasteiger partial charge in [0.15, 0.2) is 11.9 Å². The van der Waals surface area contributed by atoms with Crippen molar-refractivity contribution < 1.29 is 60.6 Å². The first-order valence-electron chi connectivity index (χ1n) is 8.73. The SMILES string of the molecule is Cc1ncnn2c([C@@H]3O[C@@](COP(=O)(O)OP(=O)(O)OP(=O)(O)O)(N=[N+]=[N-])[C@@H](O)[C@H]3F)ccc12. The Hall–Kier alpha value is -1.81. The summed E-state index contributed by atoms with van der Waals surface area (Å²) >= 11 is 0. The van der Waals surface area contributed by atoms with E-state index in [2.05, 4.69) is 33.3 Å². The Morgan fingerprint density at radius 2 is 1.94 bits per heavy atom. The number of halogens is 1. The molecule has 6 atom stereocenters. The molecule has 3 rings (SSSR count). The van der Waals surface area contributed by atoms with Crippen LogP contribution in [0.3, 0.4) is 0 Å². The topological polar surface area (TPSA) is 268 Å². The average molecular weight is 548 g/mol. The van der Waals surface area contributed by atoms with Crippen molar-refractivity contribution in [2.75, 3.05) is 6.61 Å². The van der Waals surface area contributed by atoms with Crippen LogP contribution in [0.25, 0.3) is 16.0 Å². The summed E-state index contributed by atoms with van der Waals surface area (Å²) in [6.07, 6.45) is -5.04. The van der Waals surface area contributed by atoms with Gasteiger partial charge in [0.2, 0.25) is 0 Å². The minimum absolute atomic E-state index is 0.0420. The quantitative estimate of drug-likeness (QED) is 0.127. The van der Waals surface area contributed by atoms with E-state index in [0.717, 1.165) is 0 Å². The third-order valence-electron chi connectivity index (χ3n) is 4.41. The van der Waals surface area contributed by atoms with Crippen molar-refractivity contribution in [2.24, 2.45) is 5.11 Å². The first-order valence-corrected chi connectivity index (χ1v) is 13.3. The number of aromatic nitrogens is 3. The predicted octanol–water partition coefficient (Wildman–Crippen LogP) is 1.16. The van der Waals surface area contributed by atoms with Gasteiger partial charge in [-0.3, -0.25) is 4.52 Å². The molecule has 0 bridgehead atoms. The fourth-order valence-electron chi connectivity index (χ4n) is 3.07. The van der Waals surface area contributed by atoms with Crippen LogP contribution < -0.4 is 0 Å². The van der Waals surface area contributed by atoms with Crippen molar-refractivity contribution in [3.8, 4) is 0 Å². The van der Waals surface area contributed by atoms with Gasteiger partial charge in [-0.15, -0.1) is 0 Å². The van der Waals surface area contributed by atoms with E-state index in [0.29, 0.717) is 11.2 Å². The molecule has 1 saturated heterocycles. The first kappa shape index (κ1) is 26.8. The van der Waals surface area contributed by atoms with Crippen molar-refractivity contribution >= 4 is 29.0 Å². The van der Waals surface area contributed by atoms with E-state index < -0.39 is 54.2 Å². The Labute approximate surface area is 188 Å². The summed E-state index contributed by atoms with van der Waals surface area (Å²) in [4.78, 5) is 42.3. The smallest absolute Gasteiger partial charge is 0.387 e. The molecule has 18 nitrogen and oxygen atoms in total. The Morgan fingerprint density at radius 3 is 2.56 bits per heavy atom. The number of phosphoric acid groups is 3. The number of nitrogens with zero attached hydrogens (tertiary/aromatic N) is 6. The molecule has 1 fully saturated rings. The molecule has 22 heteroatoms. The van der Waals surface area contributed by atoms with Gasteiger partial charge in [-0.1, -0.05) is 5.11 Å². The molecular formula is C12H16FN6O12P3. The summed E-state index contributed by atoms with van der Waals surface area (Å²) in [6.45, 7) is 0.237. The molecule has 5 N–H and O–H groups in total. The molecule has 0 aromatic carbocycles. The molecule has 1 aliphatic rings. The summed E-state index contributed by atoms with van der Waals surface area (Å²) in [5, 5.41) is 17.5. The Morgan fingerprint density at radius 1 is 1.26 bits per heavy atom. The van der Waals surface area contributed by atoms with E-state index in [1.54, 1.807) is 6.92 Å². The Kier molecular flexibility index (Phi) is 7.35. The van der Waals surface area contributed by atoms with E-state index in [4.69, 9.17) is 20.1 Å². The number of hydrogen-bond donors (Lipinski definition) is 5. The number of rotatable bonds is 9. The van der Waals surface area contributed by atoms with Crippen molar-refractivity contribution in [1.29, 1.82) is 0 Å². The number of ether oxygens (including phenoxy) is 1. The number of hydrogen-bond acceptors (Lipinski definition) is 11. The maximum atomic E-state index is 15.0. The number of alkyl halides is 1. The lowest BCUT2D eigenvalue weighted by Crippen LogP contribution is -2.44. The number of aliphatic hydroxyl groups is 1. The van der Waals surface area contributed by atoms with Gasteiger partial charge in [0.25, 0.3) is 0 Å². The first-order chi connectivity index (χ1) is 15.6. The molecule has 0 saturated carbocycles. The number of azide groups is 1. The lowest BCUT2D eigenvalue weighted by atomic mass is 10.0. The monoisotopic (exact) mass is 548 g/mol. The molecule has 188 valence electrons. The van der Waals surface area contributed by atoms with E-state index in [1.807, 2.05) is 0 Å². The van der Waals surface area contributed by atoms with Gasteiger partial charge in [0.05, 0.1) is 23.5 Å². The summed E-state index contributed by atoms with van der Waals surface area (Å²) in [7, 11) is -17.2. The van der Waals surface area contributed by atoms with Gasteiger partial charge in [0, 0.05) is 4.91 Å². The average Bonchev–Trinajstić information content (AvgIpc) is 3.20. The molecule has 0 aliphatic carbocycles. The van der Waals surface area contributed by atoms with Gasteiger partial charge >= 0.3 is 23.5 Å². The highest BCUT2D eigenvalue weighted by Gasteiger charge is 2.57. The van der Waals surface area contributed by atoms with Crippen LogP contribution in [0, 0.1) is 6.92 Å². The summed E-state index contributed by atoms with van der Waals surface area (Å²) in [5.41, 5.74) is 7.21. The lowest BCUT2D eigenvalue weighted by Gasteiger charge is -2.27. The van der Waals surface area contributed by atoms with Crippen molar-refractivity contribution in [1.82, 2.24) is 14.6 Å². The van der Waals surface area contributed by atoms with Gasteiger partial charge in [-0.2, -0.15) is 13.7 Å². The maximum Gasteiger partial charge on any atom is 0.490 e. The largest absolute Gasteiger partial charge is 0.490 e. The van der Waals surface area contributed by atoms with Crippen molar-refractivity contribution in [3.63, 3.8) is 0 Å². The molecule has 0 spiro atoms. The van der Waals surface area contributed by atoms with Crippen LogP contribution in [0.15, 0.2) is 23.6 Å². The Balaban J connectivity index is 1.86. The second kappa shape index (κ2) is 9.33. The molecular weight excluding hydrogens is 532 g/mol. The zero-order valence-electron chi connectivity index (χ0n) is 16.7. The fraction of sp³-hybridized carbons (Fsp3) is 0.500. The van der Waals surface area contributed by atoms with Gasteiger partial charge in [-0.05, 0) is 24.6 Å². The van der Waals surface area contributed by atoms with Gasteiger partial charge < -0.3 is 29.4 Å². The fourth-order valence-corrected chi connectivity index (χ4v) is 6.11. The number of phosphoric ester groups is 1. The van der Waals surface area contributed by atoms with Crippen LogP contribution in [0.1, 0.15) is 17.5 Å². The van der Waals surface area contributed by atoms with E-state index in [9.17, 15) is 28.6 Å². The van der Waals surface area contributed by atoms with Crippen LogP contribution in [0.4, 0.5) is 4.39 Å². The van der Waals surface area contributed by atoms with E-state index in [-0.39, 0.29) is 5.69 Å². The van der Waals surface area contributed by atoms with Crippen LogP contribution in [-0.2, 0) is 31.6 Å². The summed E-state index contributed by atoms with van der Waals surface area (Å²) in [6, 6.07) is 2.90. The standard InChI is InChI=1S/C12H16FN6O12P3/c1-6-7-2-3-8(19(7)16-5-15-6)10-9(13)11(20)12(29-10,17-18-14)4-28-33(24,25)31-34(26,27)30-32(21,22)23/h2-3,5,9-11,20H,4H2,1H3,(H,24,25)(H,26,27)(H2,21,22,23)/t9-,10-,11-,12+/m0/s1. The number of aryl methyl sites for hydroxylation is 1. The highest BCUT2D eigenvalue weighted by Crippen LogP contribution is 2.66. The maximum absolute atomic E-state index is 15.0. The zero-order valence-corrected chi connectivity index (χ0v) is 19.4. The highest BCUT2D eigenvalue weighted by molar-refractivity contribution is 7.66. The predicted molar refractivity (Wildman–Crippen MR) is 104 cm³/mol. The number of aliphatic hydroxyl groups excluding tert-OH is 1. The molecule has 34 heavy (non-hydrogen) atoms. The zero-order chi connectivity index (χ0) is 25.5. The molecule has 0 radical (unpaired) electrons. The molecule has 3 heterocycles. The van der Waals surface area contributed by atoms with Gasteiger partial charge in [0.1, 0.15) is 18.5 Å². The molecule has 2 aromatic rings. The van der Waals surface area contributed by atoms with Crippen LogP contribution in [0.2, 0.25) is 0 Å². The Bertz CT molecular complexity index is 1280. The minimum atomic E-state index is -5.85. The molecule has 1 aliphatic heterocycles. The lowest BCUT2D eigenvalue weighted by molar-refractivity contribution is -0.106. The van der Waals surface area contributed by atoms with Crippen LogP contribution >= 0.6 is 23.5 Å². The van der Waals surface area contributed by atoms with Gasteiger partial charge in [-0.25, -0.2) is 27.6 Å². The van der Waals surface area contributed by atoms with Crippen molar-refractivity contribution in [3.05, 3.63) is 40.3 Å². The third-order valence-corrected chi connectivity index (χ3v) is 8.20. The third kappa shape index (κ3) is 5.70. The molecule has 2 unspecified atom stereocenters.